The second-order valence-corrected chi connectivity index (χ2v) is 5.62. The number of hydrogen-bond donors (Lipinski definition) is 1. The van der Waals surface area contributed by atoms with Gasteiger partial charge in [-0.1, -0.05) is 13.8 Å². The van der Waals surface area contributed by atoms with Crippen LogP contribution in [-0.4, -0.2) is 50.2 Å². The van der Waals surface area contributed by atoms with Gasteiger partial charge >= 0.3 is 0 Å². The van der Waals surface area contributed by atoms with Gasteiger partial charge in [0.15, 0.2) is 0 Å². The fourth-order valence-corrected chi connectivity index (χ4v) is 1.86. The topological polar surface area (TPSA) is 31.4 Å². The molecule has 0 spiro atoms. The van der Waals surface area contributed by atoms with Crippen LogP contribution in [0.25, 0.3) is 0 Å². The predicted octanol–water partition coefficient (Wildman–Crippen LogP) is 1.97. The van der Waals surface area contributed by atoms with Crippen LogP contribution in [0.5, 0.6) is 0 Å². The van der Waals surface area contributed by atoms with Gasteiger partial charge in [-0.25, -0.2) is 0 Å². The molecule has 0 aliphatic heterocycles. The average Bonchev–Trinajstić information content (AvgIpc) is 2.36. The van der Waals surface area contributed by atoms with E-state index in [0.717, 1.165) is 25.3 Å². The highest BCUT2D eigenvalue weighted by atomic mass is 15.1. The van der Waals surface area contributed by atoms with E-state index in [1.54, 1.807) is 0 Å². The predicted molar refractivity (Wildman–Crippen MR) is 82.7 cm³/mol. The molecular formula is C15H28N4. The number of anilines is 1. The summed E-state index contributed by atoms with van der Waals surface area (Å²) in [5.41, 5.74) is 2.35. The zero-order valence-corrected chi connectivity index (χ0v) is 13.0. The highest BCUT2D eigenvalue weighted by Crippen LogP contribution is 2.13. The Balaban J connectivity index is 2.50. The maximum atomic E-state index is 4.40. The van der Waals surface area contributed by atoms with E-state index in [-0.39, 0.29) is 0 Å². The number of nitrogens with zero attached hydrogens (tertiary/aromatic N) is 3. The smallest absolute Gasteiger partial charge is 0.0562 e. The Kier molecular flexibility index (Phi) is 6.81. The molecule has 0 aliphatic rings. The van der Waals surface area contributed by atoms with Crippen LogP contribution >= 0.6 is 0 Å². The summed E-state index contributed by atoms with van der Waals surface area (Å²) in [6.45, 7) is 7.32. The number of aromatic nitrogens is 1. The lowest BCUT2D eigenvalue weighted by Crippen LogP contribution is -2.24. The highest BCUT2D eigenvalue weighted by molar-refractivity contribution is 5.45. The van der Waals surface area contributed by atoms with Gasteiger partial charge in [-0.15, -0.1) is 0 Å². The van der Waals surface area contributed by atoms with Gasteiger partial charge in [-0.05, 0) is 39.2 Å². The van der Waals surface area contributed by atoms with Gasteiger partial charge in [-0.3, -0.25) is 4.98 Å². The highest BCUT2D eigenvalue weighted by Gasteiger charge is 2.03. The minimum absolute atomic E-state index is 0.489. The molecule has 1 N–H and O–H groups in total. The minimum Gasteiger partial charge on any atom is -0.374 e. The van der Waals surface area contributed by atoms with Gasteiger partial charge in [0.25, 0.3) is 0 Å². The maximum Gasteiger partial charge on any atom is 0.0562 e. The first-order valence-electron chi connectivity index (χ1n) is 7.03. The molecule has 0 fully saturated rings. The van der Waals surface area contributed by atoms with Crippen molar-refractivity contribution in [3.8, 4) is 0 Å². The molecule has 4 heteroatoms. The molecule has 0 atom stereocenters. The summed E-state index contributed by atoms with van der Waals surface area (Å²) in [5.74, 6) is 0. The van der Waals surface area contributed by atoms with Gasteiger partial charge < -0.3 is 15.1 Å². The second kappa shape index (κ2) is 8.12. The lowest BCUT2D eigenvalue weighted by Gasteiger charge is -2.21. The molecule has 1 aromatic rings. The van der Waals surface area contributed by atoms with E-state index >= 15 is 0 Å². The van der Waals surface area contributed by atoms with Crippen molar-refractivity contribution in [2.75, 3.05) is 39.1 Å². The molecule has 0 amide bonds. The molecule has 19 heavy (non-hydrogen) atoms. The first-order chi connectivity index (χ1) is 8.99. The van der Waals surface area contributed by atoms with Crippen molar-refractivity contribution in [2.45, 2.75) is 32.9 Å². The third-order valence-corrected chi connectivity index (χ3v) is 3.03. The van der Waals surface area contributed by atoms with Crippen molar-refractivity contribution in [3.05, 3.63) is 24.0 Å². The van der Waals surface area contributed by atoms with Crippen molar-refractivity contribution in [3.63, 3.8) is 0 Å². The Bertz CT molecular complexity index is 363. The van der Waals surface area contributed by atoms with Gasteiger partial charge in [0, 0.05) is 38.1 Å². The van der Waals surface area contributed by atoms with Crippen molar-refractivity contribution < 1.29 is 0 Å². The summed E-state index contributed by atoms with van der Waals surface area (Å²) >= 11 is 0. The van der Waals surface area contributed by atoms with Crippen LogP contribution in [0.4, 0.5) is 5.69 Å². The average molecular weight is 264 g/mol. The van der Waals surface area contributed by atoms with Crippen molar-refractivity contribution in [1.82, 2.24) is 15.2 Å². The van der Waals surface area contributed by atoms with Crippen LogP contribution in [0.2, 0.25) is 0 Å². The molecule has 0 aromatic carbocycles. The Morgan fingerprint density at radius 3 is 2.58 bits per heavy atom. The SMILES string of the molecule is CC(C)NCc1cc(N(C)CCCN(C)C)ccn1. The molecule has 0 saturated carbocycles. The Labute approximate surface area is 117 Å². The molecule has 1 rings (SSSR count). The molecule has 4 nitrogen and oxygen atoms in total. The summed E-state index contributed by atoms with van der Waals surface area (Å²) in [5, 5.41) is 3.40. The lowest BCUT2D eigenvalue weighted by molar-refractivity contribution is 0.401. The van der Waals surface area contributed by atoms with Crippen molar-refractivity contribution in [2.24, 2.45) is 0 Å². The third kappa shape index (κ3) is 6.55. The molecular weight excluding hydrogens is 236 g/mol. The van der Waals surface area contributed by atoms with E-state index in [2.05, 4.69) is 67.2 Å². The summed E-state index contributed by atoms with van der Waals surface area (Å²) in [6.07, 6.45) is 3.07. The summed E-state index contributed by atoms with van der Waals surface area (Å²) in [6, 6.07) is 4.74. The van der Waals surface area contributed by atoms with E-state index in [0.29, 0.717) is 6.04 Å². The molecule has 1 heterocycles. The zero-order valence-electron chi connectivity index (χ0n) is 13.0. The Hall–Kier alpha value is -1.13. The van der Waals surface area contributed by atoms with Crippen LogP contribution in [0.3, 0.4) is 0 Å². The van der Waals surface area contributed by atoms with E-state index < -0.39 is 0 Å². The Morgan fingerprint density at radius 1 is 1.21 bits per heavy atom. The van der Waals surface area contributed by atoms with Gasteiger partial charge in [-0.2, -0.15) is 0 Å². The second-order valence-electron chi connectivity index (χ2n) is 5.62. The lowest BCUT2D eigenvalue weighted by atomic mass is 10.2. The van der Waals surface area contributed by atoms with Crippen LogP contribution in [0.15, 0.2) is 18.3 Å². The van der Waals surface area contributed by atoms with Crippen LogP contribution in [0, 0.1) is 0 Å². The molecule has 1 aromatic heterocycles. The third-order valence-electron chi connectivity index (χ3n) is 3.03. The quantitative estimate of drug-likeness (QED) is 0.778. The molecule has 0 bridgehead atoms. The monoisotopic (exact) mass is 264 g/mol. The van der Waals surface area contributed by atoms with E-state index in [1.807, 2.05) is 6.20 Å². The number of nitrogens with one attached hydrogen (secondary N) is 1. The summed E-state index contributed by atoms with van der Waals surface area (Å²) in [7, 11) is 6.37. The van der Waals surface area contributed by atoms with Crippen LogP contribution < -0.4 is 10.2 Å². The van der Waals surface area contributed by atoms with Gasteiger partial charge in [0.05, 0.1) is 5.69 Å². The van der Waals surface area contributed by atoms with Gasteiger partial charge in [0.2, 0.25) is 0 Å². The fraction of sp³-hybridized carbons (Fsp3) is 0.667. The zero-order chi connectivity index (χ0) is 14.3. The number of pyridine rings is 1. The first-order valence-corrected chi connectivity index (χ1v) is 7.03. The van der Waals surface area contributed by atoms with E-state index in [9.17, 15) is 0 Å². The van der Waals surface area contributed by atoms with Crippen LogP contribution in [0.1, 0.15) is 26.0 Å². The van der Waals surface area contributed by atoms with Crippen molar-refractivity contribution >= 4 is 5.69 Å². The standard InChI is InChI=1S/C15H28N4/c1-13(2)17-12-14-11-15(7-8-16-14)19(5)10-6-9-18(3)4/h7-8,11,13,17H,6,9-10,12H2,1-5H3. The van der Waals surface area contributed by atoms with E-state index in [1.165, 1.54) is 12.1 Å². The fourth-order valence-electron chi connectivity index (χ4n) is 1.86. The minimum atomic E-state index is 0.489. The molecule has 108 valence electrons. The summed E-state index contributed by atoms with van der Waals surface area (Å²) in [4.78, 5) is 8.92. The Morgan fingerprint density at radius 2 is 1.95 bits per heavy atom. The van der Waals surface area contributed by atoms with Crippen molar-refractivity contribution in [1.29, 1.82) is 0 Å². The number of rotatable bonds is 8. The normalized spacial score (nSPS) is 11.3. The summed E-state index contributed by atoms with van der Waals surface area (Å²) < 4.78 is 0. The molecule has 0 aliphatic carbocycles. The van der Waals surface area contributed by atoms with E-state index in [4.69, 9.17) is 0 Å². The molecule has 0 saturated heterocycles. The maximum absolute atomic E-state index is 4.40. The largest absolute Gasteiger partial charge is 0.374 e. The number of hydrogen-bond acceptors (Lipinski definition) is 4. The van der Waals surface area contributed by atoms with Gasteiger partial charge in [0.1, 0.15) is 0 Å². The molecule has 0 unspecified atom stereocenters. The molecule has 0 radical (unpaired) electrons. The van der Waals surface area contributed by atoms with Crippen LogP contribution in [-0.2, 0) is 6.54 Å². The first kappa shape index (κ1) is 15.9.